The van der Waals surface area contributed by atoms with Gasteiger partial charge in [0, 0.05) is 6.08 Å². The van der Waals surface area contributed by atoms with E-state index >= 15 is 0 Å². The SMILES string of the molecule is N#C/C=C(\N)c1ccco1. The largest absolute Gasteiger partial charge is 0.463 e. The Morgan fingerprint density at radius 1 is 1.80 bits per heavy atom. The second-order valence-corrected chi connectivity index (χ2v) is 1.71. The molecule has 0 saturated carbocycles. The van der Waals surface area contributed by atoms with E-state index in [1.54, 1.807) is 12.1 Å². The number of hydrogen-bond acceptors (Lipinski definition) is 3. The molecule has 0 aliphatic rings. The van der Waals surface area contributed by atoms with E-state index in [1.165, 1.54) is 12.3 Å². The third-order valence-corrected chi connectivity index (χ3v) is 1.03. The Bertz CT molecular complexity index is 266. The van der Waals surface area contributed by atoms with E-state index in [-0.39, 0.29) is 0 Å². The maximum atomic E-state index is 8.19. The van der Waals surface area contributed by atoms with Gasteiger partial charge in [-0.05, 0) is 12.1 Å². The summed E-state index contributed by atoms with van der Waals surface area (Å²) < 4.78 is 4.90. The first-order valence-electron chi connectivity index (χ1n) is 2.73. The lowest BCUT2D eigenvalue weighted by Gasteiger charge is -1.89. The highest BCUT2D eigenvalue weighted by Gasteiger charge is 1.95. The normalized spacial score (nSPS) is 10.9. The third-order valence-electron chi connectivity index (χ3n) is 1.03. The van der Waals surface area contributed by atoms with Crippen LogP contribution < -0.4 is 5.73 Å². The summed E-state index contributed by atoms with van der Waals surface area (Å²) in [5.74, 6) is 0.529. The minimum absolute atomic E-state index is 0.354. The van der Waals surface area contributed by atoms with Crippen molar-refractivity contribution in [3.05, 3.63) is 30.2 Å². The van der Waals surface area contributed by atoms with Gasteiger partial charge >= 0.3 is 0 Å². The maximum absolute atomic E-state index is 8.19. The minimum atomic E-state index is 0.354. The molecule has 0 aliphatic heterocycles. The van der Waals surface area contributed by atoms with Gasteiger partial charge in [0.05, 0.1) is 18.0 Å². The molecule has 1 aromatic rings. The molecule has 0 fully saturated rings. The molecule has 1 aromatic heterocycles. The van der Waals surface area contributed by atoms with Crippen molar-refractivity contribution >= 4 is 5.70 Å². The summed E-state index contributed by atoms with van der Waals surface area (Å²) in [4.78, 5) is 0. The van der Waals surface area contributed by atoms with Crippen molar-refractivity contribution < 1.29 is 4.42 Å². The number of rotatable bonds is 1. The molecule has 0 atom stereocenters. The molecular weight excluding hydrogens is 128 g/mol. The number of furan rings is 1. The van der Waals surface area contributed by atoms with E-state index in [2.05, 4.69) is 0 Å². The van der Waals surface area contributed by atoms with Crippen LogP contribution in [-0.2, 0) is 0 Å². The van der Waals surface area contributed by atoms with Crippen LogP contribution in [0.1, 0.15) is 5.76 Å². The van der Waals surface area contributed by atoms with Crippen molar-refractivity contribution in [1.82, 2.24) is 0 Å². The van der Waals surface area contributed by atoms with Crippen molar-refractivity contribution in [3.8, 4) is 6.07 Å². The number of nitrogens with two attached hydrogens (primary N) is 1. The Balaban J connectivity index is 2.90. The Morgan fingerprint density at radius 3 is 3.10 bits per heavy atom. The van der Waals surface area contributed by atoms with E-state index in [1.807, 2.05) is 6.07 Å². The molecule has 0 aromatic carbocycles. The van der Waals surface area contributed by atoms with Crippen LogP contribution in [0, 0.1) is 11.3 Å². The summed E-state index contributed by atoms with van der Waals surface area (Å²) in [6, 6.07) is 5.22. The summed E-state index contributed by atoms with van der Waals surface area (Å²) in [7, 11) is 0. The number of allylic oxidation sites excluding steroid dienone is 1. The highest BCUT2D eigenvalue weighted by Crippen LogP contribution is 2.07. The highest BCUT2D eigenvalue weighted by molar-refractivity contribution is 5.60. The zero-order chi connectivity index (χ0) is 7.40. The summed E-state index contributed by atoms with van der Waals surface area (Å²) in [5, 5.41) is 8.19. The van der Waals surface area contributed by atoms with Crippen LogP contribution in [0.4, 0.5) is 0 Å². The van der Waals surface area contributed by atoms with Crippen LogP contribution in [0.25, 0.3) is 5.70 Å². The van der Waals surface area contributed by atoms with Gasteiger partial charge in [0.1, 0.15) is 5.76 Å². The fraction of sp³-hybridized carbons (Fsp3) is 0. The van der Waals surface area contributed by atoms with Crippen LogP contribution in [-0.4, -0.2) is 0 Å². The zero-order valence-electron chi connectivity index (χ0n) is 5.24. The first kappa shape index (κ1) is 6.43. The van der Waals surface area contributed by atoms with Gasteiger partial charge in [-0.1, -0.05) is 0 Å². The Labute approximate surface area is 58.4 Å². The van der Waals surface area contributed by atoms with Crippen LogP contribution in [0.15, 0.2) is 28.9 Å². The quantitative estimate of drug-likeness (QED) is 0.585. The van der Waals surface area contributed by atoms with Crippen molar-refractivity contribution in [2.75, 3.05) is 0 Å². The summed E-state index contributed by atoms with van der Waals surface area (Å²) >= 11 is 0. The average molecular weight is 134 g/mol. The molecule has 0 aliphatic carbocycles. The monoisotopic (exact) mass is 134 g/mol. The molecule has 0 spiro atoms. The smallest absolute Gasteiger partial charge is 0.150 e. The van der Waals surface area contributed by atoms with Gasteiger partial charge < -0.3 is 10.2 Å². The Morgan fingerprint density at radius 2 is 2.60 bits per heavy atom. The summed E-state index contributed by atoms with van der Waals surface area (Å²) in [5.41, 5.74) is 5.75. The predicted molar refractivity (Wildman–Crippen MR) is 36.5 cm³/mol. The Hall–Kier alpha value is -1.69. The highest BCUT2D eigenvalue weighted by atomic mass is 16.3. The number of nitrogens with zero attached hydrogens (tertiary/aromatic N) is 1. The predicted octanol–water partition coefficient (Wildman–Crippen LogP) is 1.10. The van der Waals surface area contributed by atoms with Crippen LogP contribution >= 0.6 is 0 Å². The first-order chi connectivity index (χ1) is 4.84. The molecule has 10 heavy (non-hydrogen) atoms. The van der Waals surface area contributed by atoms with Gasteiger partial charge in [0.15, 0.2) is 0 Å². The molecule has 0 radical (unpaired) electrons. The van der Waals surface area contributed by atoms with Crippen molar-refractivity contribution in [2.45, 2.75) is 0 Å². The molecule has 3 heteroatoms. The second kappa shape index (κ2) is 2.74. The van der Waals surface area contributed by atoms with E-state index in [9.17, 15) is 0 Å². The first-order valence-corrected chi connectivity index (χ1v) is 2.73. The Kier molecular flexibility index (Phi) is 1.76. The number of nitriles is 1. The average Bonchev–Trinajstić information content (AvgIpc) is 2.38. The van der Waals surface area contributed by atoms with E-state index < -0.39 is 0 Å². The van der Waals surface area contributed by atoms with Crippen molar-refractivity contribution in [2.24, 2.45) is 5.73 Å². The molecule has 50 valence electrons. The van der Waals surface area contributed by atoms with Crippen LogP contribution in [0.2, 0.25) is 0 Å². The van der Waals surface area contributed by atoms with E-state index in [0.717, 1.165) is 0 Å². The molecular formula is C7H6N2O. The molecule has 0 bridgehead atoms. The number of hydrogen-bond donors (Lipinski definition) is 1. The summed E-state index contributed by atoms with van der Waals surface area (Å²) in [6.45, 7) is 0. The van der Waals surface area contributed by atoms with Gasteiger partial charge in [-0.15, -0.1) is 0 Å². The second-order valence-electron chi connectivity index (χ2n) is 1.71. The standard InChI is InChI=1S/C7H6N2O/c8-4-3-6(9)7-2-1-5-10-7/h1-3,5H,9H2/b6-3-. The molecule has 0 amide bonds. The van der Waals surface area contributed by atoms with Crippen molar-refractivity contribution in [1.29, 1.82) is 5.26 Å². The molecule has 3 nitrogen and oxygen atoms in total. The van der Waals surface area contributed by atoms with E-state index in [0.29, 0.717) is 11.5 Å². The zero-order valence-corrected chi connectivity index (χ0v) is 5.24. The molecule has 2 N–H and O–H groups in total. The topological polar surface area (TPSA) is 63.0 Å². The van der Waals surface area contributed by atoms with Crippen LogP contribution in [0.3, 0.4) is 0 Å². The van der Waals surface area contributed by atoms with Gasteiger partial charge in [-0.25, -0.2) is 0 Å². The minimum Gasteiger partial charge on any atom is -0.463 e. The molecule has 0 unspecified atom stereocenters. The molecule has 0 saturated heterocycles. The lowest BCUT2D eigenvalue weighted by atomic mass is 10.3. The van der Waals surface area contributed by atoms with Gasteiger partial charge in [-0.3, -0.25) is 0 Å². The van der Waals surface area contributed by atoms with Gasteiger partial charge in [-0.2, -0.15) is 5.26 Å². The maximum Gasteiger partial charge on any atom is 0.150 e. The van der Waals surface area contributed by atoms with Crippen LogP contribution in [0.5, 0.6) is 0 Å². The van der Waals surface area contributed by atoms with Gasteiger partial charge in [0.25, 0.3) is 0 Å². The molecule has 1 heterocycles. The fourth-order valence-electron chi connectivity index (χ4n) is 0.583. The lowest BCUT2D eigenvalue weighted by Crippen LogP contribution is -1.92. The lowest BCUT2D eigenvalue weighted by molar-refractivity contribution is 0.552. The molecule has 1 rings (SSSR count). The summed E-state index contributed by atoms with van der Waals surface area (Å²) in [6.07, 6.45) is 2.74. The van der Waals surface area contributed by atoms with E-state index in [4.69, 9.17) is 15.4 Å². The van der Waals surface area contributed by atoms with Crippen molar-refractivity contribution in [3.63, 3.8) is 0 Å². The fourth-order valence-corrected chi connectivity index (χ4v) is 0.583. The third kappa shape index (κ3) is 1.17. The van der Waals surface area contributed by atoms with Gasteiger partial charge in [0.2, 0.25) is 0 Å².